The lowest BCUT2D eigenvalue weighted by atomic mass is 10.1. The molecule has 9 heteroatoms. The summed E-state index contributed by atoms with van der Waals surface area (Å²) in [6.07, 6.45) is -0.873. The van der Waals surface area contributed by atoms with Crippen molar-refractivity contribution in [2.45, 2.75) is 39.1 Å². The van der Waals surface area contributed by atoms with Crippen molar-refractivity contribution >= 4 is 22.7 Å². The smallest absolute Gasteiger partial charge is 0.407 e. The van der Waals surface area contributed by atoms with Gasteiger partial charge in [0, 0.05) is 37.3 Å². The molecular weight excluding hydrogens is 542 g/mol. The average molecular weight is 578 g/mol. The maximum Gasteiger partial charge on any atom is 0.407 e. The molecule has 220 valence electrons. The average Bonchev–Trinajstić information content (AvgIpc) is 3.34. The van der Waals surface area contributed by atoms with E-state index in [9.17, 15) is 9.90 Å². The summed E-state index contributed by atoms with van der Waals surface area (Å²) in [5, 5.41) is 15.5. The minimum Gasteiger partial charge on any atom is -0.473 e. The Morgan fingerprint density at radius 3 is 2.12 bits per heavy atom. The molecule has 2 atom stereocenters. The zero-order valence-electron chi connectivity index (χ0n) is 24.6. The van der Waals surface area contributed by atoms with Gasteiger partial charge in [-0.2, -0.15) is 10.1 Å². The highest BCUT2D eigenvalue weighted by Gasteiger charge is 2.33. The molecule has 1 aliphatic heterocycles. The second-order valence-corrected chi connectivity index (χ2v) is 11.0. The number of ether oxygens (including phenoxy) is 2. The lowest BCUT2D eigenvalue weighted by Gasteiger charge is -2.43. The lowest BCUT2D eigenvalue weighted by Crippen LogP contribution is -2.58. The van der Waals surface area contributed by atoms with Crippen LogP contribution >= 0.6 is 0 Å². The molecule has 6 rings (SSSR count). The topological polar surface area (TPSA) is 93.0 Å². The molecule has 0 aliphatic carbocycles. The Bertz CT molecular complexity index is 1710. The van der Waals surface area contributed by atoms with Gasteiger partial charge in [-0.05, 0) is 49.2 Å². The van der Waals surface area contributed by atoms with Gasteiger partial charge in [-0.1, -0.05) is 60.7 Å². The van der Waals surface area contributed by atoms with E-state index < -0.39 is 6.09 Å². The molecule has 9 nitrogen and oxygen atoms in total. The van der Waals surface area contributed by atoms with Gasteiger partial charge in [-0.15, -0.1) is 0 Å². The molecule has 3 aromatic carbocycles. The van der Waals surface area contributed by atoms with Crippen molar-refractivity contribution in [3.63, 3.8) is 0 Å². The Hall–Kier alpha value is -5.05. The molecule has 0 unspecified atom stereocenters. The van der Waals surface area contributed by atoms with Crippen molar-refractivity contribution in [1.29, 1.82) is 0 Å². The molecule has 0 radical (unpaired) electrons. The summed E-state index contributed by atoms with van der Waals surface area (Å²) in [6, 6.07) is 29.8. The van der Waals surface area contributed by atoms with E-state index in [1.807, 2.05) is 98.4 Å². The number of fused-ring (bicyclic) bond motifs is 1. The summed E-state index contributed by atoms with van der Waals surface area (Å²) >= 11 is 0. The van der Waals surface area contributed by atoms with Crippen LogP contribution in [0.15, 0.2) is 91.0 Å². The van der Waals surface area contributed by atoms with Gasteiger partial charge in [0.15, 0.2) is 0 Å². The number of aryl methyl sites for hydroxylation is 1. The largest absolute Gasteiger partial charge is 0.473 e. The number of nitrogens with zero attached hydrogens (tertiary/aromatic N) is 5. The first-order valence-electron chi connectivity index (χ1n) is 14.4. The van der Waals surface area contributed by atoms with Crippen molar-refractivity contribution in [3.05, 3.63) is 102 Å². The zero-order chi connectivity index (χ0) is 29.9. The Morgan fingerprint density at radius 2 is 1.49 bits per heavy atom. The van der Waals surface area contributed by atoms with Crippen molar-refractivity contribution < 1.29 is 19.4 Å². The van der Waals surface area contributed by atoms with Crippen molar-refractivity contribution in [1.82, 2.24) is 19.7 Å². The fourth-order valence-electron chi connectivity index (χ4n) is 5.80. The van der Waals surface area contributed by atoms with Crippen LogP contribution in [0.2, 0.25) is 0 Å². The lowest BCUT2D eigenvalue weighted by molar-refractivity contribution is 0.0983. The van der Waals surface area contributed by atoms with Crippen LogP contribution in [-0.2, 0) is 20.3 Å². The third-order valence-corrected chi connectivity index (χ3v) is 7.88. The quantitative estimate of drug-likeness (QED) is 0.229. The van der Waals surface area contributed by atoms with Crippen LogP contribution in [0.3, 0.4) is 0 Å². The predicted octanol–water partition coefficient (Wildman–Crippen LogP) is 6.37. The Balaban J connectivity index is 1.31. The third kappa shape index (κ3) is 5.97. The van der Waals surface area contributed by atoms with Gasteiger partial charge in [0.1, 0.15) is 18.9 Å². The molecule has 1 aliphatic rings. The summed E-state index contributed by atoms with van der Waals surface area (Å²) in [5.41, 5.74) is 5.64. The number of aromatic nitrogens is 3. The van der Waals surface area contributed by atoms with E-state index in [2.05, 4.69) is 23.1 Å². The van der Waals surface area contributed by atoms with Gasteiger partial charge in [0.2, 0.25) is 11.8 Å². The monoisotopic (exact) mass is 577 g/mol. The first-order chi connectivity index (χ1) is 20.9. The maximum atomic E-state index is 11.7. The number of carboxylic acid groups (broad SMARTS) is 1. The van der Waals surface area contributed by atoms with Crippen molar-refractivity contribution in [3.8, 4) is 23.0 Å². The molecule has 1 fully saturated rings. The van der Waals surface area contributed by atoms with Gasteiger partial charge in [0.25, 0.3) is 0 Å². The van der Waals surface area contributed by atoms with Gasteiger partial charge < -0.3 is 19.5 Å². The number of rotatable bonds is 8. The predicted molar refractivity (Wildman–Crippen MR) is 166 cm³/mol. The van der Waals surface area contributed by atoms with E-state index in [-0.39, 0.29) is 12.1 Å². The van der Waals surface area contributed by atoms with Crippen LogP contribution in [0.4, 0.5) is 10.5 Å². The first-order valence-corrected chi connectivity index (χ1v) is 14.4. The second-order valence-electron chi connectivity index (χ2n) is 11.0. The molecule has 43 heavy (non-hydrogen) atoms. The standard InChI is InChI=1S/C34H35N5O4/c1-23-19-38(20-24(2)39(23)34(40)41)27-14-15-28-30(18-27)37(3)36-32(28)29-16-17-31(42-21-25-10-6-4-7-11-25)35-33(29)43-22-26-12-8-5-9-13-26/h4-18,23-24H,19-22H2,1-3H3,(H,40,41)/t23-,24-/m0/s1. The SMILES string of the molecule is C[C@H]1CN(c2ccc3c(-c4ccc(OCc5ccccc5)nc4OCc4ccccc4)nn(C)c3c2)C[C@H](C)N1C(=O)O. The van der Waals surface area contributed by atoms with E-state index in [0.29, 0.717) is 38.1 Å². The fraction of sp³-hybridized carbons (Fsp3) is 0.265. The number of anilines is 1. The molecule has 5 aromatic rings. The van der Waals surface area contributed by atoms with Crippen LogP contribution in [0.5, 0.6) is 11.8 Å². The normalized spacial score (nSPS) is 16.8. The van der Waals surface area contributed by atoms with Gasteiger partial charge in [0.05, 0.1) is 23.2 Å². The Labute approximate surface area is 250 Å². The van der Waals surface area contributed by atoms with Crippen molar-refractivity contribution in [2.24, 2.45) is 7.05 Å². The summed E-state index contributed by atoms with van der Waals surface area (Å²) in [4.78, 5) is 20.3. The molecule has 3 heterocycles. The number of amides is 1. The molecule has 0 spiro atoms. The van der Waals surface area contributed by atoms with Gasteiger partial charge in [-0.25, -0.2) is 4.79 Å². The molecule has 0 saturated carbocycles. The van der Waals surface area contributed by atoms with Gasteiger partial charge >= 0.3 is 6.09 Å². The van der Waals surface area contributed by atoms with Crippen LogP contribution in [0, 0.1) is 0 Å². The minimum absolute atomic E-state index is 0.114. The molecule has 1 N–H and O–H groups in total. The van der Waals surface area contributed by atoms with E-state index >= 15 is 0 Å². The molecule has 1 amide bonds. The number of hydrogen-bond acceptors (Lipinski definition) is 6. The van der Waals surface area contributed by atoms with E-state index in [1.54, 1.807) is 0 Å². The van der Waals surface area contributed by atoms with Crippen LogP contribution < -0.4 is 14.4 Å². The third-order valence-electron chi connectivity index (χ3n) is 7.88. The van der Waals surface area contributed by atoms with Crippen molar-refractivity contribution in [2.75, 3.05) is 18.0 Å². The first kappa shape index (κ1) is 28.1. The number of benzene rings is 3. The number of piperazine rings is 1. The van der Waals surface area contributed by atoms with E-state index in [4.69, 9.17) is 19.6 Å². The molecule has 0 bridgehead atoms. The van der Waals surface area contributed by atoms with Crippen LogP contribution in [0.25, 0.3) is 22.2 Å². The summed E-state index contributed by atoms with van der Waals surface area (Å²) < 4.78 is 14.2. The van der Waals surface area contributed by atoms with E-state index in [0.717, 1.165) is 39.0 Å². The minimum atomic E-state index is -0.873. The van der Waals surface area contributed by atoms with E-state index in [1.165, 1.54) is 4.90 Å². The summed E-state index contributed by atoms with van der Waals surface area (Å²) in [6.45, 7) is 5.91. The summed E-state index contributed by atoms with van der Waals surface area (Å²) in [7, 11) is 1.93. The summed E-state index contributed by atoms with van der Waals surface area (Å²) in [5.74, 6) is 0.924. The second kappa shape index (κ2) is 12.1. The van der Waals surface area contributed by atoms with Crippen LogP contribution in [0.1, 0.15) is 25.0 Å². The highest BCUT2D eigenvalue weighted by atomic mass is 16.5. The number of carbonyl (C=O) groups is 1. The number of pyridine rings is 1. The Kier molecular flexibility index (Phi) is 7.87. The molecule has 2 aromatic heterocycles. The fourth-order valence-corrected chi connectivity index (χ4v) is 5.80. The van der Waals surface area contributed by atoms with Crippen LogP contribution in [-0.4, -0.2) is 56.0 Å². The molecular formula is C34H35N5O4. The maximum absolute atomic E-state index is 11.7. The Morgan fingerprint density at radius 1 is 0.860 bits per heavy atom. The highest BCUT2D eigenvalue weighted by molar-refractivity contribution is 5.96. The zero-order valence-corrected chi connectivity index (χ0v) is 24.6. The highest BCUT2D eigenvalue weighted by Crippen LogP contribution is 2.37. The molecule has 1 saturated heterocycles. The van der Waals surface area contributed by atoms with Gasteiger partial charge in [-0.3, -0.25) is 9.58 Å². The number of hydrogen-bond donors (Lipinski definition) is 1.